The van der Waals surface area contributed by atoms with Crippen LogP contribution in [0.15, 0.2) is 29.6 Å². The summed E-state index contributed by atoms with van der Waals surface area (Å²) in [5.41, 5.74) is 2.21. The summed E-state index contributed by atoms with van der Waals surface area (Å²) < 4.78 is 1.24. The van der Waals surface area contributed by atoms with Crippen molar-refractivity contribution in [3.05, 3.63) is 45.4 Å². The molecule has 3 aromatic rings. The van der Waals surface area contributed by atoms with E-state index in [0.717, 1.165) is 53.7 Å². The van der Waals surface area contributed by atoms with Crippen molar-refractivity contribution in [2.45, 2.75) is 37.9 Å². The van der Waals surface area contributed by atoms with Gasteiger partial charge in [0.2, 0.25) is 5.91 Å². The Hall–Kier alpha value is -1.44. The van der Waals surface area contributed by atoms with Crippen molar-refractivity contribution in [3.8, 4) is 0 Å². The lowest BCUT2D eigenvalue weighted by Crippen LogP contribution is -2.39. The van der Waals surface area contributed by atoms with E-state index in [4.69, 9.17) is 4.98 Å². The number of aryl methyl sites for hydroxylation is 1. The maximum Gasteiger partial charge on any atom is 0.223 e. The second kappa shape index (κ2) is 8.71. The van der Waals surface area contributed by atoms with Crippen LogP contribution in [0.1, 0.15) is 40.9 Å². The highest BCUT2D eigenvalue weighted by Crippen LogP contribution is 2.33. The molecule has 3 heterocycles. The summed E-state index contributed by atoms with van der Waals surface area (Å²) in [4.78, 5) is 24.0. The highest BCUT2D eigenvalue weighted by molar-refractivity contribution is 7.98. The van der Waals surface area contributed by atoms with E-state index in [1.165, 1.54) is 9.71 Å². The lowest BCUT2D eigenvalue weighted by molar-refractivity contribution is -0.131. The molecule has 0 radical (unpaired) electrons. The molecule has 4 nitrogen and oxygen atoms in total. The van der Waals surface area contributed by atoms with E-state index >= 15 is 0 Å². The molecule has 1 amide bonds. The van der Waals surface area contributed by atoms with E-state index < -0.39 is 0 Å². The summed E-state index contributed by atoms with van der Waals surface area (Å²) in [6.07, 6.45) is 2.81. The van der Waals surface area contributed by atoms with Crippen LogP contribution in [-0.2, 0) is 10.5 Å². The molecule has 4 rings (SSSR count). The van der Waals surface area contributed by atoms with Crippen LogP contribution in [0.4, 0.5) is 0 Å². The van der Waals surface area contributed by atoms with Gasteiger partial charge in [0.1, 0.15) is 0 Å². The number of nitrogens with zero attached hydrogens (tertiary/aromatic N) is 3. The molecular formula is C20H23N3OS3. The molecular weight excluding hydrogens is 394 g/mol. The van der Waals surface area contributed by atoms with Gasteiger partial charge in [-0.3, -0.25) is 4.79 Å². The average Bonchev–Trinajstić information content (AvgIpc) is 3.31. The summed E-state index contributed by atoms with van der Waals surface area (Å²) in [6.45, 7) is 3.73. The van der Waals surface area contributed by atoms with Crippen molar-refractivity contribution in [1.29, 1.82) is 0 Å². The Kier molecular flexibility index (Phi) is 6.10. The number of fused-ring (bicyclic) bond motifs is 1. The Morgan fingerprint density at radius 2 is 2.22 bits per heavy atom. The van der Waals surface area contributed by atoms with Gasteiger partial charge in [-0.15, -0.1) is 22.7 Å². The van der Waals surface area contributed by atoms with E-state index in [0.29, 0.717) is 12.3 Å². The molecule has 142 valence electrons. The second-order valence-electron chi connectivity index (χ2n) is 6.86. The molecule has 1 unspecified atom stereocenters. The number of thiazole rings is 2. The van der Waals surface area contributed by atoms with Gasteiger partial charge in [0.15, 0.2) is 0 Å². The Morgan fingerprint density at radius 3 is 3.04 bits per heavy atom. The van der Waals surface area contributed by atoms with E-state index in [-0.39, 0.29) is 5.91 Å². The topological polar surface area (TPSA) is 46.1 Å². The molecule has 1 aliphatic heterocycles. The van der Waals surface area contributed by atoms with Gasteiger partial charge in [0, 0.05) is 42.3 Å². The van der Waals surface area contributed by atoms with Gasteiger partial charge in [0.05, 0.1) is 25.9 Å². The van der Waals surface area contributed by atoms with Gasteiger partial charge in [-0.05, 0) is 31.9 Å². The van der Waals surface area contributed by atoms with E-state index in [1.807, 2.05) is 17.9 Å². The van der Waals surface area contributed by atoms with Gasteiger partial charge in [-0.1, -0.05) is 12.1 Å². The molecule has 27 heavy (non-hydrogen) atoms. The van der Waals surface area contributed by atoms with Crippen LogP contribution in [0.25, 0.3) is 10.2 Å². The number of hydrogen-bond acceptors (Lipinski definition) is 6. The fourth-order valence-electron chi connectivity index (χ4n) is 3.44. The average molecular weight is 418 g/mol. The first-order chi connectivity index (χ1) is 13.2. The Morgan fingerprint density at radius 1 is 1.33 bits per heavy atom. The number of rotatable bonds is 6. The van der Waals surface area contributed by atoms with E-state index in [9.17, 15) is 4.79 Å². The zero-order valence-electron chi connectivity index (χ0n) is 15.4. The highest BCUT2D eigenvalue weighted by atomic mass is 32.2. The first-order valence-electron chi connectivity index (χ1n) is 9.31. The minimum Gasteiger partial charge on any atom is -0.342 e. The lowest BCUT2D eigenvalue weighted by Gasteiger charge is -2.32. The van der Waals surface area contributed by atoms with Crippen LogP contribution < -0.4 is 0 Å². The number of benzene rings is 1. The number of amides is 1. The number of likely N-dealkylation sites (tertiary alicyclic amines) is 1. The van der Waals surface area contributed by atoms with Gasteiger partial charge in [0.25, 0.3) is 0 Å². The standard InChI is InChI=1S/C20H23N3OS3/c1-14-21-16(13-26-14)12-25-10-8-19(24)23-9-4-5-15(11-23)20-22-17-6-2-3-7-18(17)27-20/h2-3,6-7,13,15H,4-5,8-12H2,1H3. The van der Waals surface area contributed by atoms with Gasteiger partial charge in [-0.25, -0.2) is 9.97 Å². The lowest BCUT2D eigenvalue weighted by atomic mass is 9.98. The highest BCUT2D eigenvalue weighted by Gasteiger charge is 2.26. The zero-order chi connectivity index (χ0) is 18.6. The van der Waals surface area contributed by atoms with Gasteiger partial charge >= 0.3 is 0 Å². The SMILES string of the molecule is Cc1nc(CSCCC(=O)N2CCCC(c3nc4ccccc4s3)C2)cs1. The predicted molar refractivity (Wildman–Crippen MR) is 116 cm³/mol. The number of hydrogen-bond donors (Lipinski definition) is 0. The minimum atomic E-state index is 0.280. The number of carbonyl (C=O) groups is 1. The summed E-state index contributed by atoms with van der Waals surface area (Å²) >= 11 is 5.26. The Labute approximate surface area is 172 Å². The monoisotopic (exact) mass is 417 g/mol. The predicted octanol–water partition coefficient (Wildman–Crippen LogP) is 5.09. The molecule has 1 aromatic carbocycles. The Bertz CT molecular complexity index is 887. The molecule has 0 bridgehead atoms. The molecule has 0 N–H and O–H groups in total. The van der Waals surface area contributed by atoms with Crippen molar-refractivity contribution in [2.75, 3.05) is 18.8 Å². The van der Waals surface area contributed by atoms with Crippen molar-refractivity contribution >= 4 is 50.6 Å². The molecule has 7 heteroatoms. The molecule has 1 atom stereocenters. The minimum absolute atomic E-state index is 0.280. The Balaban J connectivity index is 1.28. The molecule has 0 spiro atoms. The van der Waals surface area contributed by atoms with Crippen LogP contribution in [-0.4, -0.2) is 39.6 Å². The third-order valence-electron chi connectivity index (χ3n) is 4.81. The molecule has 0 saturated carbocycles. The van der Waals surface area contributed by atoms with Crippen molar-refractivity contribution in [1.82, 2.24) is 14.9 Å². The molecule has 1 aliphatic rings. The maximum absolute atomic E-state index is 12.6. The first kappa shape index (κ1) is 18.9. The van der Waals surface area contributed by atoms with E-state index in [2.05, 4.69) is 28.6 Å². The third kappa shape index (κ3) is 4.70. The van der Waals surface area contributed by atoms with Crippen molar-refractivity contribution < 1.29 is 4.79 Å². The second-order valence-corrected chi connectivity index (χ2v) is 10.1. The van der Waals surface area contributed by atoms with Crippen LogP contribution in [0.2, 0.25) is 0 Å². The van der Waals surface area contributed by atoms with Crippen molar-refractivity contribution in [3.63, 3.8) is 0 Å². The quantitative estimate of drug-likeness (QED) is 0.524. The summed E-state index contributed by atoms with van der Waals surface area (Å²) in [6, 6.07) is 8.30. The third-order valence-corrected chi connectivity index (χ3v) is 7.82. The summed E-state index contributed by atoms with van der Waals surface area (Å²) in [5.74, 6) is 2.41. The number of para-hydroxylation sites is 1. The number of aromatic nitrogens is 2. The van der Waals surface area contributed by atoms with Crippen LogP contribution in [0, 0.1) is 6.92 Å². The van der Waals surface area contributed by atoms with Gasteiger partial charge < -0.3 is 4.90 Å². The van der Waals surface area contributed by atoms with Crippen LogP contribution in [0.3, 0.4) is 0 Å². The smallest absolute Gasteiger partial charge is 0.223 e. The molecule has 2 aromatic heterocycles. The molecule has 0 aliphatic carbocycles. The van der Waals surface area contributed by atoms with Gasteiger partial charge in [-0.2, -0.15) is 11.8 Å². The number of carbonyl (C=O) groups excluding carboxylic acids is 1. The molecule has 1 fully saturated rings. The number of thioether (sulfide) groups is 1. The fourth-order valence-corrected chi connectivity index (χ4v) is 6.07. The van der Waals surface area contributed by atoms with Crippen LogP contribution >= 0.6 is 34.4 Å². The zero-order valence-corrected chi connectivity index (χ0v) is 17.8. The largest absolute Gasteiger partial charge is 0.342 e. The maximum atomic E-state index is 12.6. The van der Waals surface area contributed by atoms with Crippen LogP contribution in [0.5, 0.6) is 0 Å². The van der Waals surface area contributed by atoms with E-state index in [1.54, 1.807) is 34.4 Å². The normalized spacial score (nSPS) is 17.5. The first-order valence-corrected chi connectivity index (χ1v) is 12.2. The molecule has 1 saturated heterocycles. The summed E-state index contributed by atoms with van der Waals surface area (Å²) in [5, 5.41) is 4.40. The summed E-state index contributed by atoms with van der Waals surface area (Å²) in [7, 11) is 0. The number of piperidine rings is 1. The fraction of sp³-hybridized carbons (Fsp3) is 0.450. The van der Waals surface area contributed by atoms with Crippen molar-refractivity contribution in [2.24, 2.45) is 0 Å².